The zero-order chi connectivity index (χ0) is 15.6. The Balaban J connectivity index is 2.53. The van der Waals surface area contributed by atoms with Crippen molar-refractivity contribution in [2.75, 3.05) is 26.4 Å². The molecule has 1 aliphatic rings. The van der Waals surface area contributed by atoms with Crippen molar-refractivity contribution in [2.45, 2.75) is 10.9 Å². The van der Waals surface area contributed by atoms with Crippen LogP contribution >= 0.6 is 15.9 Å². The predicted molar refractivity (Wildman–Crippen MR) is 76.4 cm³/mol. The molecule has 1 aromatic carbocycles. The number of nitro groups is 1. The molecule has 1 saturated heterocycles. The molecule has 1 unspecified atom stereocenters. The SMILES string of the molecule is O=[N+]([O-])c1ccc(Br)cc1S(=O)(=O)N1CCOCC1CO. The van der Waals surface area contributed by atoms with Crippen LogP contribution in [0.3, 0.4) is 0 Å². The van der Waals surface area contributed by atoms with E-state index in [1.54, 1.807) is 0 Å². The Morgan fingerprint density at radius 1 is 1.52 bits per heavy atom. The Kier molecular flexibility index (Phi) is 4.94. The molecule has 0 saturated carbocycles. The number of aliphatic hydroxyl groups excluding tert-OH is 1. The standard InChI is InChI=1S/C11H13BrN2O6S/c12-8-1-2-10(14(16)17)11(5-8)21(18,19)13-3-4-20-7-9(13)6-15/h1-2,5,9,15H,3-4,6-7H2. The van der Waals surface area contributed by atoms with Crippen molar-refractivity contribution in [1.82, 2.24) is 4.31 Å². The summed E-state index contributed by atoms with van der Waals surface area (Å²) < 4.78 is 31.9. The minimum absolute atomic E-state index is 0.0389. The first-order chi connectivity index (χ1) is 9.87. The molecule has 0 aliphatic carbocycles. The normalized spacial score (nSPS) is 20.4. The average Bonchev–Trinajstić information content (AvgIpc) is 2.46. The number of sulfonamides is 1. The monoisotopic (exact) mass is 380 g/mol. The van der Waals surface area contributed by atoms with Gasteiger partial charge in [0.05, 0.1) is 30.8 Å². The van der Waals surface area contributed by atoms with Gasteiger partial charge in [0.1, 0.15) is 0 Å². The van der Waals surface area contributed by atoms with Gasteiger partial charge in [0, 0.05) is 17.1 Å². The first-order valence-electron chi connectivity index (χ1n) is 6.02. The number of morpholine rings is 1. The van der Waals surface area contributed by atoms with Gasteiger partial charge in [0.15, 0.2) is 4.90 Å². The van der Waals surface area contributed by atoms with Crippen molar-refractivity contribution in [3.63, 3.8) is 0 Å². The molecule has 1 aliphatic heterocycles. The molecule has 2 rings (SSSR count). The van der Waals surface area contributed by atoms with Crippen LogP contribution < -0.4 is 0 Å². The summed E-state index contributed by atoms with van der Waals surface area (Å²) >= 11 is 3.11. The smallest absolute Gasteiger partial charge is 0.289 e. The summed E-state index contributed by atoms with van der Waals surface area (Å²) in [6.45, 7) is -0.146. The molecular weight excluding hydrogens is 368 g/mol. The molecule has 1 fully saturated rings. The second-order valence-electron chi connectivity index (χ2n) is 4.40. The van der Waals surface area contributed by atoms with E-state index in [-0.39, 0.29) is 19.8 Å². The van der Waals surface area contributed by atoms with Crippen molar-refractivity contribution in [3.8, 4) is 0 Å². The highest BCUT2D eigenvalue weighted by atomic mass is 79.9. The summed E-state index contributed by atoms with van der Waals surface area (Å²) in [6, 6.07) is 2.98. The van der Waals surface area contributed by atoms with Crippen molar-refractivity contribution >= 4 is 31.6 Å². The highest BCUT2D eigenvalue weighted by Crippen LogP contribution is 2.31. The number of aliphatic hydroxyl groups is 1. The number of nitro benzene ring substituents is 1. The van der Waals surface area contributed by atoms with Crippen LogP contribution in [0.2, 0.25) is 0 Å². The van der Waals surface area contributed by atoms with Crippen molar-refractivity contribution < 1.29 is 23.2 Å². The molecule has 116 valence electrons. The molecule has 0 bridgehead atoms. The van der Waals surface area contributed by atoms with Crippen LogP contribution in [-0.2, 0) is 14.8 Å². The highest BCUT2D eigenvalue weighted by Gasteiger charge is 2.37. The Morgan fingerprint density at radius 3 is 2.86 bits per heavy atom. The first kappa shape index (κ1) is 16.3. The number of rotatable bonds is 4. The van der Waals surface area contributed by atoms with Gasteiger partial charge in [-0.25, -0.2) is 8.42 Å². The lowest BCUT2D eigenvalue weighted by Crippen LogP contribution is -2.50. The Labute approximate surface area is 129 Å². The summed E-state index contributed by atoms with van der Waals surface area (Å²) in [7, 11) is -4.10. The van der Waals surface area contributed by atoms with E-state index >= 15 is 0 Å². The fourth-order valence-electron chi connectivity index (χ4n) is 2.07. The van der Waals surface area contributed by atoms with E-state index in [9.17, 15) is 23.6 Å². The van der Waals surface area contributed by atoms with Gasteiger partial charge in [-0.05, 0) is 12.1 Å². The molecule has 0 aromatic heterocycles. The summed E-state index contributed by atoms with van der Waals surface area (Å²) in [4.78, 5) is 9.90. The summed E-state index contributed by atoms with van der Waals surface area (Å²) in [5.74, 6) is 0. The maximum absolute atomic E-state index is 12.7. The van der Waals surface area contributed by atoms with Crippen molar-refractivity contribution in [1.29, 1.82) is 0 Å². The summed E-state index contributed by atoms with van der Waals surface area (Å²) in [5, 5.41) is 20.3. The van der Waals surface area contributed by atoms with Crippen LogP contribution in [0.1, 0.15) is 0 Å². The van der Waals surface area contributed by atoms with Crippen molar-refractivity contribution in [2.24, 2.45) is 0 Å². The maximum Gasteiger partial charge on any atom is 0.289 e. The van der Waals surface area contributed by atoms with Crippen LogP contribution in [0.15, 0.2) is 27.6 Å². The van der Waals surface area contributed by atoms with Crippen LogP contribution in [0, 0.1) is 10.1 Å². The lowest BCUT2D eigenvalue weighted by molar-refractivity contribution is -0.387. The minimum atomic E-state index is -4.10. The van der Waals surface area contributed by atoms with Gasteiger partial charge in [-0.3, -0.25) is 10.1 Å². The molecule has 1 aromatic rings. The van der Waals surface area contributed by atoms with Gasteiger partial charge >= 0.3 is 0 Å². The lowest BCUT2D eigenvalue weighted by atomic mass is 10.3. The topological polar surface area (TPSA) is 110 Å². The Bertz CT molecular complexity index is 650. The third kappa shape index (κ3) is 3.24. The largest absolute Gasteiger partial charge is 0.395 e. The molecule has 0 radical (unpaired) electrons. The fourth-order valence-corrected chi connectivity index (χ4v) is 4.35. The number of nitrogens with zero attached hydrogens (tertiary/aromatic N) is 2. The van der Waals surface area contributed by atoms with Gasteiger partial charge in [-0.1, -0.05) is 15.9 Å². The predicted octanol–water partition coefficient (Wildman–Crippen LogP) is 0.739. The molecule has 1 atom stereocenters. The number of ether oxygens (including phenoxy) is 1. The first-order valence-corrected chi connectivity index (χ1v) is 8.25. The van der Waals surface area contributed by atoms with E-state index in [0.717, 1.165) is 10.4 Å². The Hall–Kier alpha value is -1.07. The van der Waals surface area contributed by atoms with Crippen LogP contribution in [0.5, 0.6) is 0 Å². The van der Waals surface area contributed by atoms with Gasteiger partial charge in [-0.15, -0.1) is 0 Å². The molecular formula is C11H13BrN2O6S. The fraction of sp³-hybridized carbons (Fsp3) is 0.455. The van der Waals surface area contributed by atoms with E-state index in [1.807, 2.05) is 0 Å². The van der Waals surface area contributed by atoms with Crippen LogP contribution in [0.25, 0.3) is 0 Å². The van der Waals surface area contributed by atoms with E-state index in [0.29, 0.717) is 4.47 Å². The third-order valence-corrected chi connectivity index (χ3v) is 5.56. The van der Waals surface area contributed by atoms with Crippen LogP contribution in [0.4, 0.5) is 5.69 Å². The molecule has 1 N–H and O–H groups in total. The van der Waals surface area contributed by atoms with Crippen molar-refractivity contribution in [3.05, 3.63) is 32.8 Å². The maximum atomic E-state index is 12.7. The zero-order valence-corrected chi connectivity index (χ0v) is 13.2. The second-order valence-corrected chi connectivity index (χ2v) is 7.17. The molecule has 10 heteroatoms. The lowest BCUT2D eigenvalue weighted by Gasteiger charge is -2.33. The Morgan fingerprint density at radius 2 is 2.24 bits per heavy atom. The molecule has 8 nitrogen and oxygen atoms in total. The van der Waals surface area contributed by atoms with E-state index in [2.05, 4.69) is 15.9 Å². The van der Waals surface area contributed by atoms with Gasteiger partial charge < -0.3 is 9.84 Å². The quantitative estimate of drug-likeness (QED) is 0.609. The molecule has 0 amide bonds. The summed E-state index contributed by atoms with van der Waals surface area (Å²) in [5.41, 5.74) is -0.499. The van der Waals surface area contributed by atoms with Gasteiger partial charge in [-0.2, -0.15) is 4.31 Å². The number of hydrogen-bond donors (Lipinski definition) is 1. The number of halogens is 1. The number of hydrogen-bond acceptors (Lipinski definition) is 6. The second kappa shape index (κ2) is 6.36. The van der Waals surface area contributed by atoms with Crippen LogP contribution in [-0.4, -0.2) is 55.2 Å². The summed E-state index contributed by atoms with van der Waals surface area (Å²) in [6.07, 6.45) is 0. The van der Waals surface area contributed by atoms with Gasteiger partial charge in [0.25, 0.3) is 5.69 Å². The zero-order valence-electron chi connectivity index (χ0n) is 10.8. The van der Waals surface area contributed by atoms with E-state index in [1.165, 1.54) is 12.1 Å². The molecule has 0 spiro atoms. The average molecular weight is 381 g/mol. The number of benzene rings is 1. The molecule has 21 heavy (non-hydrogen) atoms. The van der Waals surface area contributed by atoms with Gasteiger partial charge in [0.2, 0.25) is 10.0 Å². The third-order valence-electron chi connectivity index (χ3n) is 3.09. The molecule has 1 heterocycles. The minimum Gasteiger partial charge on any atom is -0.395 e. The van der Waals surface area contributed by atoms with E-state index in [4.69, 9.17) is 4.74 Å². The van der Waals surface area contributed by atoms with E-state index < -0.39 is 38.2 Å². The highest BCUT2D eigenvalue weighted by molar-refractivity contribution is 9.10.